The molecule has 6 nitrogen and oxygen atoms in total. The predicted octanol–water partition coefficient (Wildman–Crippen LogP) is 0.272. The topological polar surface area (TPSA) is 55.8 Å². The van der Waals surface area contributed by atoms with Gasteiger partial charge in [-0.2, -0.15) is 0 Å². The number of hydrogen-bond donors (Lipinski definition) is 2. The van der Waals surface area contributed by atoms with E-state index in [1.807, 2.05) is 6.20 Å². The second-order valence-corrected chi connectivity index (χ2v) is 5.68. The number of rotatable bonds is 3. The van der Waals surface area contributed by atoms with Gasteiger partial charge in [0, 0.05) is 52.0 Å². The lowest BCUT2D eigenvalue weighted by atomic mass is 10.2. The van der Waals surface area contributed by atoms with Gasteiger partial charge in [-0.1, -0.05) is 6.07 Å². The molecule has 3 heterocycles. The monoisotopic (exact) mass is 288 g/mol. The van der Waals surface area contributed by atoms with Gasteiger partial charge in [-0.05, 0) is 25.1 Å². The number of likely N-dealkylation sites (N-methyl/N-ethyl adjacent to an activating group) is 1. The van der Waals surface area contributed by atoms with Gasteiger partial charge in [0.15, 0.2) is 5.96 Å². The van der Waals surface area contributed by atoms with E-state index in [1.165, 1.54) is 5.56 Å². The Morgan fingerprint density at radius 3 is 2.76 bits per heavy atom. The second-order valence-electron chi connectivity index (χ2n) is 5.68. The zero-order valence-electron chi connectivity index (χ0n) is 12.7. The van der Waals surface area contributed by atoms with Crippen molar-refractivity contribution in [2.45, 2.75) is 13.0 Å². The van der Waals surface area contributed by atoms with Gasteiger partial charge >= 0.3 is 0 Å². The van der Waals surface area contributed by atoms with Gasteiger partial charge in [-0.3, -0.25) is 4.99 Å². The Balaban J connectivity index is 1.53. The summed E-state index contributed by atoms with van der Waals surface area (Å²) < 4.78 is 0. The molecule has 3 rings (SSSR count). The van der Waals surface area contributed by atoms with Crippen LogP contribution < -0.4 is 15.5 Å². The smallest absolute Gasteiger partial charge is 0.191 e. The zero-order chi connectivity index (χ0) is 14.5. The van der Waals surface area contributed by atoms with Gasteiger partial charge in [0.2, 0.25) is 0 Å². The Kier molecular flexibility index (Phi) is 4.55. The van der Waals surface area contributed by atoms with E-state index in [2.05, 4.69) is 49.6 Å². The highest BCUT2D eigenvalue weighted by atomic mass is 15.3. The molecule has 1 saturated heterocycles. The highest BCUT2D eigenvalue weighted by Crippen LogP contribution is 2.13. The minimum Gasteiger partial charge on any atom is -0.356 e. The molecule has 2 aliphatic rings. The third-order valence-electron chi connectivity index (χ3n) is 3.99. The second kappa shape index (κ2) is 6.76. The number of guanidine groups is 1. The maximum Gasteiger partial charge on any atom is 0.191 e. The first-order valence-corrected chi connectivity index (χ1v) is 7.72. The van der Waals surface area contributed by atoms with E-state index in [0.29, 0.717) is 0 Å². The van der Waals surface area contributed by atoms with Crippen LogP contribution in [0, 0.1) is 0 Å². The lowest BCUT2D eigenvalue weighted by Gasteiger charge is -2.33. The van der Waals surface area contributed by atoms with Crippen LogP contribution in [0.4, 0.5) is 5.82 Å². The third kappa shape index (κ3) is 3.85. The van der Waals surface area contributed by atoms with Gasteiger partial charge in [0.1, 0.15) is 5.82 Å². The fourth-order valence-electron chi connectivity index (χ4n) is 2.58. The molecule has 1 fully saturated rings. The van der Waals surface area contributed by atoms with E-state index in [4.69, 9.17) is 0 Å². The van der Waals surface area contributed by atoms with E-state index >= 15 is 0 Å². The van der Waals surface area contributed by atoms with E-state index in [1.54, 1.807) is 0 Å². The van der Waals surface area contributed by atoms with Crippen LogP contribution in [0.2, 0.25) is 0 Å². The van der Waals surface area contributed by atoms with Crippen molar-refractivity contribution in [3.05, 3.63) is 23.9 Å². The molecule has 0 aromatic carbocycles. The van der Waals surface area contributed by atoms with Crippen LogP contribution in [0.1, 0.15) is 12.0 Å². The van der Waals surface area contributed by atoms with Crippen LogP contribution in [-0.4, -0.2) is 62.2 Å². The van der Waals surface area contributed by atoms with Crippen LogP contribution in [0.15, 0.2) is 23.3 Å². The van der Waals surface area contributed by atoms with Crippen LogP contribution in [-0.2, 0) is 6.54 Å². The number of nitrogens with zero attached hydrogens (tertiary/aromatic N) is 4. The highest BCUT2D eigenvalue weighted by Gasteiger charge is 2.14. The van der Waals surface area contributed by atoms with Gasteiger partial charge < -0.3 is 20.4 Å². The molecule has 1 aromatic heterocycles. The minimum absolute atomic E-state index is 0.766. The first-order chi connectivity index (χ1) is 10.3. The Hall–Kier alpha value is -1.82. The van der Waals surface area contributed by atoms with Crippen molar-refractivity contribution >= 4 is 11.8 Å². The van der Waals surface area contributed by atoms with Crippen LogP contribution in [0.25, 0.3) is 0 Å². The van der Waals surface area contributed by atoms with Crippen molar-refractivity contribution in [3.8, 4) is 0 Å². The Morgan fingerprint density at radius 1 is 1.24 bits per heavy atom. The lowest BCUT2D eigenvalue weighted by Crippen LogP contribution is -2.44. The van der Waals surface area contributed by atoms with Crippen LogP contribution in [0.3, 0.4) is 0 Å². The van der Waals surface area contributed by atoms with Crippen LogP contribution in [0.5, 0.6) is 0 Å². The maximum atomic E-state index is 4.60. The number of anilines is 1. The summed E-state index contributed by atoms with van der Waals surface area (Å²) >= 11 is 0. The molecule has 1 aromatic rings. The van der Waals surface area contributed by atoms with Crippen LogP contribution >= 0.6 is 0 Å². The Labute approximate surface area is 126 Å². The summed E-state index contributed by atoms with van der Waals surface area (Å²) in [5.41, 5.74) is 1.18. The number of hydrogen-bond acceptors (Lipinski definition) is 6. The standard InChI is InChI=1S/C15H24N6/c1-20-7-9-21(10-8-20)14-4-3-13(11-18-14)12-19-15-16-5-2-6-17-15/h3-4,11H,2,5-10,12H2,1H3,(H2,16,17,19). The maximum absolute atomic E-state index is 4.60. The van der Waals surface area contributed by atoms with E-state index in [0.717, 1.165) is 64.0 Å². The third-order valence-corrected chi connectivity index (χ3v) is 3.99. The average molecular weight is 288 g/mol. The first kappa shape index (κ1) is 14.1. The van der Waals surface area contributed by atoms with Gasteiger partial charge in [0.25, 0.3) is 0 Å². The SMILES string of the molecule is CN1CCN(c2ccc(CNC3=NCCCN3)cn2)CC1. The van der Waals surface area contributed by atoms with Crippen molar-refractivity contribution < 1.29 is 0 Å². The van der Waals surface area contributed by atoms with Crippen molar-refractivity contribution in [3.63, 3.8) is 0 Å². The number of nitrogens with one attached hydrogen (secondary N) is 2. The van der Waals surface area contributed by atoms with Crippen molar-refractivity contribution in [2.24, 2.45) is 4.99 Å². The fraction of sp³-hybridized carbons (Fsp3) is 0.600. The van der Waals surface area contributed by atoms with E-state index in [-0.39, 0.29) is 0 Å². The molecule has 0 unspecified atom stereocenters. The van der Waals surface area contributed by atoms with Gasteiger partial charge in [-0.25, -0.2) is 4.98 Å². The fourth-order valence-corrected chi connectivity index (χ4v) is 2.58. The van der Waals surface area contributed by atoms with E-state index in [9.17, 15) is 0 Å². The summed E-state index contributed by atoms with van der Waals surface area (Å²) in [6.45, 7) is 7.01. The lowest BCUT2D eigenvalue weighted by molar-refractivity contribution is 0.312. The summed E-state index contributed by atoms with van der Waals surface area (Å²) in [6.07, 6.45) is 3.08. The summed E-state index contributed by atoms with van der Waals surface area (Å²) in [7, 11) is 2.17. The molecule has 21 heavy (non-hydrogen) atoms. The Bertz CT molecular complexity index is 475. The molecule has 2 N–H and O–H groups in total. The number of aromatic nitrogens is 1. The number of aliphatic imine (C=N–C) groups is 1. The molecule has 0 saturated carbocycles. The van der Waals surface area contributed by atoms with Gasteiger partial charge in [0.05, 0.1) is 0 Å². The zero-order valence-corrected chi connectivity index (χ0v) is 12.7. The van der Waals surface area contributed by atoms with Crippen molar-refractivity contribution in [1.29, 1.82) is 0 Å². The normalized spacial score (nSPS) is 19.9. The molecule has 2 aliphatic heterocycles. The molecule has 0 bridgehead atoms. The number of pyridine rings is 1. The van der Waals surface area contributed by atoms with Crippen molar-refractivity contribution in [1.82, 2.24) is 20.5 Å². The highest BCUT2D eigenvalue weighted by molar-refractivity contribution is 5.80. The van der Waals surface area contributed by atoms with Gasteiger partial charge in [-0.15, -0.1) is 0 Å². The first-order valence-electron chi connectivity index (χ1n) is 7.72. The molecule has 6 heteroatoms. The molecule has 0 radical (unpaired) electrons. The summed E-state index contributed by atoms with van der Waals surface area (Å²) in [4.78, 5) is 13.7. The molecule has 0 aliphatic carbocycles. The largest absolute Gasteiger partial charge is 0.356 e. The quantitative estimate of drug-likeness (QED) is 0.836. The molecule has 0 amide bonds. The molecule has 0 atom stereocenters. The summed E-state index contributed by atoms with van der Waals surface area (Å²) in [6, 6.07) is 4.27. The molecular formula is C15H24N6. The number of piperazine rings is 1. The minimum atomic E-state index is 0.766. The molecule has 114 valence electrons. The van der Waals surface area contributed by atoms with E-state index < -0.39 is 0 Å². The summed E-state index contributed by atoms with van der Waals surface area (Å²) in [5, 5.41) is 6.58. The predicted molar refractivity (Wildman–Crippen MR) is 85.7 cm³/mol. The Morgan fingerprint density at radius 2 is 2.10 bits per heavy atom. The molecule has 0 spiro atoms. The average Bonchev–Trinajstić information content (AvgIpc) is 2.55. The summed E-state index contributed by atoms with van der Waals surface area (Å²) in [5.74, 6) is 1.99. The van der Waals surface area contributed by atoms with Crippen molar-refractivity contribution in [2.75, 3.05) is 51.2 Å². The molecular weight excluding hydrogens is 264 g/mol.